The van der Waals surface area contributed by atoms with Gasteiger partial charge >= 0.3 is 6.09 Å². The zero-order chi connectivity index (χ0) is 18.3. The molecule has 0 radical (unpaired) electrons. The number of anilines is 2. The lowest BCUT2D eigenvalue weighted by Crippen LogP contribution is -2.33. The molecule has 0 unspecified atom stereocenters. The van der Waals surface area contributed by atoms with Gasteiger partial charge in [-0.15, -0.1) is 28.3 Å². The Bertz CT molecular complexity index is 885. The van der Waals surface area contributed by atoms with Crippen LogP contribution in [-0.2, 0) is 22.4 Å². The predicted octanol–water partition coefficient (Wildman–Crippen LogP) is 2.92. The van der Waals surface area contributed by atoms with Crippen molar-refractivity contribution in [3.63, 3.8) is 0 Å². The number of hydrogen-bond donors (Lipinski definition) is 2. The van der Waals surface area contributed by atoms with Crippen molar-refractivity contribution >= 4 is 51.1 Å². The minimum Gasteiger partial charge on any atom is -0.442 e. The lowest BCUT2D eigenvalue weighted by molar-refractivity contribution is -0.119. The lowest BCUT2D eigenvalue weighted by Gasteiger charge is -2.16. The zero-order valence-corrected chi connectivity index (χ0v) is 17.4. The van der Waals surface area contributed by atoms with Crippen molar-refractivity contribution < 1.29 is 14.3 Å². The quantitative estimate of drug-likeness (QED) is 0.745. The minimum absolute atomic E-state index is 0. The molecule has 2 heterocycles. The maximum absolute atomic E-state index is 12.2. The summed E-state index contributed by atoms with van der Waals surface area (Å²) in [7, 11) is 0. The first-order chi connectivity index (χ1) is 12.5. The van der Waals surface area contributed by atoms with E-state index >= 15 is 0 Å². The fourth-order valence-corrected chi connectivity index (χ4v) is 4.36. The number of nitrogen functional groups attached to an aromatic ring is 1. The number of nitrogens with two attached hydrogens (primary N) is 1. The Morgan fingerprint density at radius 1 is 1.44 bits per heavy atom. The summed E-state index contributed by atoms with van der Waals surface area (Å²) < 4.78 is 5.35. The van der Waals surface area contributed by atoms with Crippen LogP contribution in [0, 0.1) is 0 Å². The van der Waals surface area contributed by atoms with E-state index in [4.69, 9.17) is 10.5 Å². The number of hydrogen-bond acceptors (Lipinski definition) is 6. The summed E-state index contributed by atoms with van der Waals surface area (Å²) in [5.74, 6) is -0.136. The van der Waals surface area contributed by atoms with E-state index in [0.717, 1.165) is 36.2 Å². The van der Waals surface area contributed by atoms with E-state index in [1.54, 1.807) is 16.2 Å². The minimum atomic E-state index is -0.382. The second-order valence-corrected chi connectivity index (χ2v) is 7.69. The first-order valence-corrected chi connectivity index (χ1v) is 9.44. The zero-order valence-electron chi connectivity index (χ0n) is 14.9. The molecular formula is C18H21BrN4O3S. The average molecular weight is 453 g/mol. The van der Waals surface area contributed by atoms with Gasteiger partial charge in [0, 0.05) is 23.1 Å². The highest BCUT2D eigenvalue weighted by atomic mass is 79.9. The number of thiazole rings is 1. The van der Waals surface area contributed by atoms with Crippen LogP contribution >= 0.6 is 28.3 Å². The number of amides is 2. The van der Waals surface area contributed by atoms with Crippen LogP contribution in [0.1, 0.15) is 23.8 Å². The Kier molecular flexibility index (Phi) is 5.71. The van der Waals surface area contributed by atoms with Gasteiger partial charge in [0.1, 0.15) is 6.10 Å². The third-order valence-corrected chi connectivity index (χ3v) is 5.62. The number of carbonyl (C=O) groups is 2. The standard InChI is InChI=1S/C18H20N4O3S.BrH/c1-10(23)20-8-13-9-22(18(24)25-13)12-5-6-14-11(7-12)3-2-4-15-16(14)21-17(19)26-15;/h5-7,13H,2-4,8-9H2,1H3,(H2,19,21)(H,20,23);1H/t13-;/m0./s1. The van der Waals surface area contributed by atoms with Crippen LogP contribution in [0.4, 0.5) is 15.6 Å². The number of halogens is 1. The number of carbonyl (C=O) groups excluding carboxylic acids is 2. The number of rotatable bonds is 3. The Labute approximate surface area is 171 Å². The topological polar surface area (TPSA) is 97.5 Å². The molecule has 1 atom stereocenters. The van der Waals surface area contributed by atoms with Crippen LogP contribution in [0.3, 0.4) is 0 Å². The maximum atomic E-state index is 12.2. The van der Waals surface area contributed by atoms with E-state index in [-0.39, 0.29) is 35.1 Å². The number of cyclic esters (lactones) is 1. The van der Waals surface area contributed by atoms with Crippen LogP contribution in [0.25, 0.3) is 11.3 Å². The van der Waals surface area contributed by atoms with Crippen LogP contribution in [0.5, 0.6) is 0 Å². The molecule has 2 aromatic rings. The van der Waals surface area contributed by atoms with Crippen molar-refractivity contribution in [2.75, 3.05) is 23.7 Å². The molecule has 144 valence electrons. The van der Waals surface area contributed by atoms with Gasteiger partial charge in [0.2, 0.25) is 5.91 Å². The molecule has 1 aromatic heterocycles. The number of benzene rings is 1. The summed E-state index contributed by atoms with van der Waals surface area (Å²) >= 11 is 1.55. The first-order valence-electron chi connectivity index (χ1n) is 8.62. The summed E-state index contributed by atoms with van der Waals surface area (Å²) in [6.07, 6.45) is 2.21. The molecule has 0 saturated carbocycles. The smallest absolute Gasteiger partial charge is 0.414 e. The highest BCUT2D eigenvalue weighted by molar-refractivity contribution is 8.93. The number of aromatic nitrogens is 1. The van der Waals surface area contributed by atoms with Crippen LogP contribution in [-0.4, -0.2) is 36.2 Å². The monoisotopic (exact) mass is 452 g/mol. The maximum Gasteiger partial charge on any atom is 0.414 e. The molecule has 4 rings (SSSR count). The summed E-state index contributed by atoms with van der Waals surface area (Å²) in [4.78, 5) is 30.6. The molecule has 27 heavy (non-hydrogen) atoms. The van der Waals surface area contributed by atoms with Crippen LogP contribution in [0.2, 0.25) is 0 Å². The van der Waals surface area contributed by atoms with Crippen LogP contribution < -0.4 is 16.0 Å². The largest absolute Gasteiger partial charge is 0.442 e. The van der Waals surface area contributed by atoms with E-state index < -0.39 is 0 Å². The molecule has 0 bridgehead atoms. The van der Waals surface area contributed by atoms with Crippen molar-refractivity contribution in [1.82, 2.24) is 10.3 Å². The van der Waals surface area contributed by atoms with Gasteiger partial charge in [0.15, 0.2) is 5.13 Å². The fraction of sp³-hybridized carbons (Fsp3) is 0.389. The Balaban J connectivity index is 0.00000210. The second kappa shape index (κ2) is 7.85. The molecule has 7 nitrogen and oxygen atoms in total. The van der Waals surface area contributed by atoms with Gasteiger partial charge in [-0.2, -0.15) is 0 Å². The van der Waals surface area contributed by atoms with E-state index in [9.17, 15) is 9.59 Å². The Morgan fingerprint density at radius 3 is 3.04 bits per heavy atom. The van der Waals surface area contributed by atoms with Crippen molar-refractivity contribution in [3.8, 4) is 11.3 Å². The van der Waals surface area contributed by atoms with E-state index in [2.05, 4.69) is 10.3 Å². The third-order valence-electron chi connectivity index (χ3n) is 4.67. The Morgan fingerprint density at radius 2 is 2.26 bits per heavy atom. The van der Waals surface area contributed by atoms with Gasteiger partial charge in [-0.05, 0) is 37.0 Å². The van der Waals surface area contributed by atoms with Gasteiger partial charge in [0.05, 0.1) is 18.8 Å². The SMILES string of the molecule is Br.CC(=O)NC[C@H]1CN(c2ccc3c(c2)CCCc2sc(N)nc2-3)C(=O)O1. The predicted molar refractivity (Wildman–Crippen MR) is 111 cm³/mol. The molecule has 3 N–H and O–H groups in total. The number of aryl methyl sites for hydroxylation is 2. The summed E-state index contributed by atoms with van der Waals surface area (Å²) in [6.45, 7) is 2.19. The van der Waals surface area contributed by atoms with Crippen LogP contribution in [0.15, 0.2) is 18.2 Å². The molecule has 2 aliphatic rings. The van der Waals surface area contributed by atoms with Gasteiger partial charge in [0.25, 0.3) is 0 Å². The van der Waals surface area contributed by atoms with E-state index in [1.165, 1.54) is 17.4 Å². The number of fused-ring (bicyclic) bond motifs is 3. The molecule has 1 aliphatic heterocycles. The molecule has 1 aromatic carbocycles. The molecular weight excluding hydrogens is 432 g/mol. The van der Waals surface area contributed by atoms with Gasteiger partial charge < -0.3 is 15.8 Å². The van der Waals surface area contributed by atoms with Crippen molar-refractivity contribution in [2.24, 2.45) is 0 Å². The molecule has 9 heteroatoms. The highest BCUT2D eigenvalue weighted by Crippen LogP contribution is 2.38. The number of nitrogens with one attached hydrogen (secondary N) is 1. The highest BCUT2D eigenvalue weighted by Gasteiger charge is 2.33. The van der Waals surface area contributed by atoms with E-state index in [1.807, 2.05) is 18.2 Å². The number of nitrogens with zero attached hydrogens (tertiary/aromatic N) is 2. The fourth-order valence-electron chi connectivity index (χ4n) is 3.47. The summed E-state index contributed by atoms with van der Waals surface area (Å²) in [5, 5.41) is 3.28. The molecule has 1 saturated heterocycles. The van der Waals surface area contributed by atoms with Gasteiger partial charge in [-0.25, -0.2) is 9.78 Å². The van der Waals surface area contributed by atoms with Gasteiger partial charge in [-0.1, -0.05) is 6.07 Å². The van der Waals surface area contributed by atoms with Crippen molar-refractivity contribution in [2.45, 2.75) is 32.3 Å². The first kappa shape index (κ1) is 19.6. The summed E-state index contributed by atoms with van der Waals surface area (Å²) in [6, 6.07) is 5.98. The molecule has 1 aliphatic carbocycles. The lowest BCUT2D eigenvalue weighted by atomic mass is 10.0. The average Bonchev–Trinajstić information content (AvgIpc) is 3.11. The number of ether oxygens (including phenoxy) is 1. The molecule has 1 fully saturated rings. The normalized spacial score (nSPS) is 18.0. The Hall–Kier alpha value is -2.13. The van der Waals surface area contributed by atoms with Crippen molar-refractivity contribution in [1.29, 1.82) is 0 Å². The van der Waals surface area contributed by atoms with Gasteiger partial charge in [-0.3, -0.25) is 9.69 Å². The third kappa shape index (κ3) is 3.93. The molecule has 0 spiro atoms. The molecule has 2 amide bonds. The van der Waals surface area contributed by atoms with E-state index in [0.29, 0.717) is 18.2 Å². The second-order valence-electron chi connectivity index (χ2n) is 6.57. The summed E-state index contributed by atoms with van der Waals surface area (Å²) in [5.41, 5.74) is 9.93. The van der Waals surface area contributed by atoms with Crippen molar-refractivity contribution in [3.05, 3.63) is 28.6 Å².